The summed E-state index contributed by atoms with van der Waals surface area (Å²) in [5.74, 6) is 0.751. The van der Waals surface area contributed by atoms with Gasteiger partial charge in [-0.05, 0) is 35.6 Å². The van der Waals surface area contributed by atoms with Crippen LogP contribution in [0.15, 0.2) is 42.6 Å². The van der Waals surface area contributed by atoms with Crippen LogP contribution < -0.4 is 10.6 Å². The number of aromatic nitrogens is 1. The second-order valence-electron chi connectivity index (χ2n) is 6.60. The number of hydrogen-bond acceptors (Lipinski definition) is 3. The van der Waals surface area contributed by atoms with Gasteiger partial charge in [0.2, 0.25) is 5.91 Å². The Morgan fingerprint density at radius 3 is 2.33 bits per heavy atom. The normalized spacial score (nSPS) is 11.5. The Hall–Kier alpha value is -2.57. The molecule has 0 atom stereocenters. The monoisotopic (exact) mass is 379 g/mol. The average Bonchev–Trinajstić information content (AvgIpc) is 2.63. The van der Waals surface area contributed by atoms with Gasteiger partial charge in [0.15, 0.2) is 0 Å². The van der Waals surface area contributed by atoms with Crippen LogP contribution in [0.25, 0.3) is 0 Å². The number of benzene rings is 1. The highest BCUT2D eigenvalue weighted by molar-refractivity contribution is 5.76. The second kappa shape index (κ2) is 9.39. The Morgan fingerprint density at radius 1 is 1.07 bits per heavy atom. The first kappa shape index (κ1) is 20.7. The van der Waals surface area contributed by atoms with E-state index in [4.69, 9.17) is 0 Å². The summed E-state index contributed by atoms with van der Waals surface area (Å²) in [6.45, 7) is 5.02. The predicted octanol–water partition coefficient (Wildman–Crippen LogP) is 4.38. The first-order valence-corrected chi connectivity index (χ1v) is 8.88. The standard InChI is InChI=1S/C20H24F3N3O/c1-14(2)16-6-3-15(4-7-16)5-10-19(27)25-12-11-24-18-9-8-17(13-26-18)20(21,22)23/h3-4,6-9,13-14H,5,10-12H2,1-2H3,(H,24,26)(H,25,27). The van der Waals surface area contributed by atoms with Crippen molar-refractivity contribution in [1.29, 1.82) is 0 Å². The van der Waals surface area contributed by atoms with Gasteiger partial charge in [-0.1, -0.05) is 38.1 Å². The molecule has 0 aliphatic rings. The van der Waals surface area contributed by atoms with Crippen LogP contribution in [0.5, 0.6) is 0 Å². The molecule has 0 spiro atoms. The Balaban J connectivity index is 1.66. The van der Waals surface area contributed by atoms with E-state index in [0.29, 0.717) is 37.7 Å². The number of pyridine rings is 1. The molecule has 0 aliphatic carbocycles. The lowest BCUT2D eigenvalue weighted by atomic mass is 10.0. The molecular weight excluding hydrogens is 355 g/mol. The van der Waals surface area contributed by atoms with Crippen LogP contribution in [0.4, 0.5) is 19.0 Å². The fourth-order valence-electron chi connectivity index (χ4n) is 2.47. The molecule has 0 saturated heterocycles. The number of rotatable bonds is 8. The minimum atomic E-state index is -4.39. The molecule has 27 heavy (non-hydrogen) atoms. The van der Waals surface area contributed by atoms with Crippen LogP contribution in [0, 0.1) is 0 Å². The zero-order valence-corrected chi connectivity index (χ0v) is 15.4. The molecule has 1 aromatic carbocycles. The number of aryl methyl sites for hydroxylation is 1. The molecule has 2 N–H and O–H groups in total. The highest BCUT2D eigenvalue weighted by Crippen LogP contribution is 2.28. The molecule has 7 heteroatoms. The minimum absolute atomic E-state index is 0.0647. The number of nitrogens with zero attached hydrogens (tertiary/aromatic N) is 1. The Kier molecular flexibility index (Phi) is 7.21. The minimum Gasteiger partial charge on any atom is -0.368 e. The van der Waals surface area contributed by atoms with Gasteiger partial charge in [-0.25, -0.2) is 4.98 Å². The summed E-state index contributed by atoms with van der Waals surface area (Å²) in [5, 5.41) is 5.66. The molecule has 0 unspecified atom stereocenters. The van der Waals surface area contributed by atoms with E-state index in [2.05, 4.69) is 41.6 Å². The van der Waals surface area contributed by atoms with Gasteiger partial charge in [0.25, 0.3) is 0 Å². The van der Waals surface area contributed by atoms with Gasteiger partial charge in [-0.2, -0.15) is 13.2 Å². The van der Waals surface area contributed by atoms with Crippen molar-refractivity contribution < 1.29 is 18.0 Å². The molecule has 2 rings (SSSR count). The first-order chi connectivity index (χ1) is 12.8. The predicted molar refractivity (Wildman–Crippen MR) is 99.6 cm³/mol. The number of carbonyl (C=O) groups excluding carboxylic acids is 1. The summed E-state index contributed by atoms with van der Waals surface area (Å²) >= 11 is 0. The number of anilines is 1. The van der Waals surface area contributed by atoms with Gasteiger partial charge < -0.3 is 10.6 Å². The third-order valence-electron chi connectivity index (χ3n) is 4.13. The van der Waals surface area contributed by atoms with Crippen LogP contribution in [0.2, 0.25) is 0 Å². The maximum Gasteiger partial charge on any atom is 0.417 e. The Morgan fingerprint density at radius 2 is 1.78 bits per heavy atom. The van der Waals surface area contributed by atoms with Gasteiger partial charge in [-0.15, -0.1) is 0 Å². The van der Waals surface area contributed by atoms with Gasteiger partial charge >= 0.3 is 6.18 Å². The molecule has 0 radical (unpaired) electrons. The van der Waals surface area contributed by atoms with E-state index in [0.717, 1.165) is 17.8 Å². The van der Waals surface area contributed by atoms with Crippen molar-refractivity contribution in [2.75, 3.05) is 18.4 Å². The molecule has 1 amide bonds. The highest BCUT2D eigenvalue weighted by Gasteiger charge is 2.30. The number of carbonyl (C=O) groups is 1. The Bertz CT molecular complexity index is 726. The van der Waals surface area contributed by atoms with Crippen LogP contribution in [0.3, 0.4) is 0 Å². The van der Waals surface area contributed by atoms with E-state index in [1.54, 1.807) is 0 Å². The molecule has 2 aromatic rings. The third-order valence-corrected chi connectivity index (χ3v) is 4.13. The fourth-order valence-corrected chi connectivity index (χ4v) is 2.47. The number of amides is 1. The maximum absolute atomic E-state index is 12.5. The molecule has 0 bridgehead atoms. The largest absolute Gasteiger partial charge is 0.417 e. The van der Waals surface area contributed by atoms with E-state index in [-0.39, 0.29) is 5.91 Å². The van der Waals surface area contributed by atoms with E-state index in [9.17, 15) is 18.0 Å². The summed E-state index contributed by atoms with van der Waals surface area (Å²) in [6, 6.07) is 10.5. The van der Waals surface area contributed by atoms with E-state index < -0.39 is 11.7 Å². The molecule has 1 aromatic heterocycles. The number of hydrogen-bond donors (Lipinski definition) is 2. The van der Waals surface area contributed by atoms with Crippen molar-refractivity contribution in [2.24, 2.45) is 0 Å². The number of alkyl halides is 3. The zero-order chi connectivity index (χ0) is 19.9. The van der Waals surface area contributed by atoms with Gasteiger partial charge in [0, 0.05) is 25.7 Å². The molecule has 146 valence electrons. The molecule has 4 nitrogen and oxygen atoms in total. The molecule has 0 saturated carbocycles. The van der Waals surface area contributed by atoms with Crippen LogP contribution >= 0.6 is 0 Å². The van der Waals surface area contributed by atoms with E-state index >= 15 is 0 Å². The van der Waals surface area contributed by atoms with Crippen molar-refractivity contribution in [3.63, 3.8) is 0 Å². The average molecular weight is 379 g/mol. The van der Waals surface area contributed by atoms with Crippen molar-refractivity contribution in [1.82, 2.24) is 10.3 Å². The molecule has 1 heterocycles. The quantitative estimate of drug-likeness (QED) is 0.669. The molecular formula is C20H24F3N3O. The maximum atomic E-state index is 12.5. The van der Waals surface area contributed by atoms with E-state index in [1.807, 2.05) is 12.1 Å². The Labute approximate surface area is 157 Å². The first-order valence-electron chi connectivity index (χ1n) is 8.88. The summed E-state index contributed by atoms with van der Waals surface area (Å²) in [4.78, 5) is 15.6. The van der Waals surface area contributed by atoms with Crippen LogP contribution in [-0.2, 0) is 17.4 Å². The number of nitrogens with one attached hydrogen (secondary N) is 2. The topological polar surface area (TPSA) is 54.0 Å². The lowest BCUT2D eigenvalue weighted by Gasteiger charge is -2.10. The van der Waals surface area contributed by atoms with Gasteiger partial charge in [0.1, 0.15) is 5.82 Å². The second-order valence-corrected chi connectivity index (χ2v) is 6.60. The van der Waals surface area contributed by atoms with Crippen molar-refractivity contribution in [2.45, 2.75) is 38.8 Å². The van der Waals surface area contributed by atoms with Crippen molar-refractivity contribution >= 4 is 11.7 Å². The van der Waals surface area contributed by atoms with Gasteiger partial charge in [0.05, 0.1) is 5.56 Å². The molecule has 0 aliphatic heterocycles. The summed E-state index contributed by atoms with van der Waals surface area (Å²) in [6.07, 6.45) is -2.56. The SMILES string of the molecule is CC(C)c1ccc(CCC(=O)NCCNc2ccc(C(F)(F)F)cn2)cc1. The van der Waals surface area contributed by atoms with Crippen molar-refractivity contribution in [3.05, 3.63) is 59.3 Å². The lowest BCUT2D eigenvalue weighted by molar-refractivity contribution is -0.137. The van der Waals surface area contributed by atoms with E-state index in [1.165, 1.54) is 11.6 Å². The third kappa shape index (κ3) is 6.92. The van der Waals surface area contributed by atoms with Crippen LogP contribution in [0.1, 0.15) is 42.9 Å². The molecule has 0 fully saturated rings. The summed E-state index contributed by atoms with van der Waals surface area (Å²) in [5.41, 5.74) is 1.59. The zero-order valence-electron chi connectivity index (χ0n) is 15.4. The smallest absolute Gasteiger partial charge is 0.368 e. The number of halogens is 3. The van der Waals surface area contributed by atoms with Crippen LogP contribution in [-0.4, -0.2) is 24.0 Å². The summed E-state index contributed by atoms with van der Waals surface area (Å²) < 4.78 is 37.4. The lowest BCUT2D eigenvalue weighted by Crippen LogP contribution is -2.29. The van der Waals surface area contributed by atoms with Crippen molar-refractivity contribution in [3.8, 4) is 0 Å². The summed E-state index contributed by atoms with van der Waals surface area (Å²) in [7, 11) is 0. The highest BCUT2D eigenvalue weighted by atomic mass is 19.4. The van der Waals surface area contributed by atoms with Gasteiger partial charge in [-0.3, -0.25) is 4.79 Å². The fraction of sp³-hybridized carbons (Fsp3) is 0.400.